The molecule has 13 heavy (non-hydrogen) atoms. The summed E-state index contributed by atoms with van der Waals surface area (Å²) in [6.45, 7) is 3.95. The van der Waals surface area contributed by atoms with Crippen LogP contribution in [0.2, 0.25) is 0 Å². The average molecular weight is 178 g/mol. The highest BCUT2D eigenvalue weighted by atomic mass is 16.5. The summed E-state index contributed by atoms with van der Waals surface area (Å²) in [7, 11) is 1.41. The highest BCUT2D eigenvalue weighted by Gasteiger charge is 2.18. The van der Waals surface area contributed by atoms with E-state index in [0.717, 1.165) is 11.1 Å². The minimum atomic E-state index is -0.223. The Balaban J connectivity index is 2.91. The second-order valence-corrected chi connectivity index (χ2v) is 3.18. The lowest BCUT2D eigenvalue weighted by Gasteiger charge is -2.09. The molecule has 1 aliphatic rings. The summed E-state index contributed by atoms with van der Waals surface area (Å²) >= 11 is 0. The Hall–Kier alpha value is -1.31. The van der Waals surface area contributed by atoms with E-state index in [1.54, 1.807) is 0 Å². The molecule has 0 bridgehead atoms. The summed E-state index contributed by atoms with van der Waals surface area (Å²) in [6, 6.07) is 0. The second kappa shape index (κ2) is 4.08. The van der Waals surface area contributed by atoms with Gasteiger partial charge in [-0.1, -0.05) is 35.5 Å². The molecule has 0 aromatic carbocycles. The number of esters is 1. The monoisotopic (exact) mass is 178 g/mol. The number of hydrogen-bond donors (Lipinski definition) is 0. The summed E-state index contributed by atoms with van der Waals surface area (Å²) < 4.78 is 4.70. The van der Waals surface area contributed by atoms with Gasteiger partial charge in [-0.3, -0.25) is 4.79 Å². The third-order valence-electron chi connectivity index (χ3n) is 2.06. The van der Waals surface area contributed by atoms with E-state index in [4.69, 9.17) is 4.74 Å². The fourth-order valence-corrected chi connectivity index (χ4v) is 1.36. The van der Waals surface area contributed by atoms with Crippen LogP contribution in [0.15, 0.2) is 35.5 Å². The molecule has 0 aromatic rings. The van der Waals surface area contributed by atoms with Crippen molar-refractivity contribution in [3.05, 3.63) is 35.5 Å². The van der Waals surface area contributed by atoms with Crippen LogP contribution in [0.5, 0.6) is 0 Å². The Morgan fingerprint density at radius 1 is 1.46 bits per heavy atom. The Labute approximate surface area is 78.6 Å². The van der Waals surface area contributed by atoms with E-state index in [1.807, 2.05) is 38.2 Å². The van der Waals surface area contributed by atoms with Crippen molar-refractivity contribution in [3.63, 3.8) is 0 Å². The smallest absolute Gasteiger partial charge is 0.316 e. The minimum Gasteiger partial charge on any atom is -0.468 e. The van der Waals surface area contributed by atoms with Crippen molar-refractivity contribution in [2.75, 3.05) is 7.11 Å². The molecule has 0 fully saturated rings. The van der Waals surface area contributed by atoms with Crippen LogP contribution < -0.4 is 0 Å². The number of carbonyl (C=O) groups excluding carboxylic acids is 1. The Morgan fingerprint density at radius 2 is 2.15 bits per heavy atom. The number of ether oxygens (including phenoxy) is 1. The first-order valence-corrected chi connectivity index (χ1v) is 4.26. The van der Waals surface area contributed by atoms with Gasteiger partial charge in [-0.05, 0) is 13.8 Å². The van der Waals surface area contributed by atoms with Gasteiger partial charge in [0.05, 0.1) is 13.0 Å². The summed E-state index contributed by atoms with van der Waals surface area (Å²) in [6.07, 6.45) is 7.73. The second-order valence-electron chi connectivity index (χ2n) is 3.18. The topological polar surface area (TPSA) is 26.3 Å². The van der Waals surface area contributed by atoms with Gasteiger partial charge < -0.3 is 4.74 Å². The van der Waals surface area contributed by atoms with Crippen LogP contribution in [0.25, 0.3) is 0 Å². The van der Waals surface area contributed by atoms with Crippen molar-refractivity contribution < 1.29 is 9.53 Å². The third kappa shape index (κ3) is 2.31. The van der Waals surface area contributed by atoms with E-state index in [2.05, 4.69) is 0 Å². The summed E-state index contributed by atoms with van der Waals surface area (Å²) in [4.78, 5) is 11.3. The van der Waals surface area contributed by atoms with Gasteiger partial charge in [0.15, 0.2) is 0 Å². The zero-order chi connectivity index (χ0) is 9.84. The zero-order valence-electron chi connectivity index (χ0n) is 8.20. The molecular weight excluding hydrogens is 164 g/mol. The lowest BCUT2D eigenvalue weighted by atomic mass is 10.00. The molecule has 1 atom stereocenters. The molecule has 0 radical (unpaired) electrons. The SMILES string of the molecule is COC(=O)C1C=CC=C(C)C=C1C. The van der Waals surface area contributed by atoms with Crippen molar-refractivity contribution in [2.45, 2.75) is 13.8 Å². The van der Waals surface area contributed by atoms with E-state index in [9.17, 15) is 4.79 Å². The van der Waals surface area contributed by atoms with Crippen LogP contribution in [0.1, 0.15) is 13.8 Å². The zero-order valence-corrected chi connectivity index (χ0v) is 8.20. The number of carbonyl (C=O) groups is 1. The Morgan fingerprint density at radius 3 is 2.77 bits per heavy atom. The van der Waals surface area contributed by atoms with Gasteiger partial charge in [0, 0.05) is 0 Å². The molecule has 70 valence electrons. The quantitative estimate of drug-likeness (QED) is 0.575. The number of methoxy groups -OCH3 is 1. The van der Waals surface area contributed by atoms with Crippen LogP contribution in [0.3, 0.4) is 0 Å². The van der Waals surface area contributed by atoms with Gasteiger partial charge in [-0.15, -0.1) is 0 Å². The third-order valence-corrected chi connectivity index (χ3v) is 2.06. The van der Waals surface area contributed by atoms with Crippen molar-refractivity contribution in [2.24, 2.45) is 5.92 Å². The van der Waals surface area contributed by atoms with Crippen molar-refractivity contribution in [1.82, 2.24) is 0 Å². The Bertz CT molecular complexity index is 295. The minimum absolute atomic E-state index is 0.201. The van der Waals surface area contributed by atoms with Gasteiger partial charge >= 0.3 is 5.97 Å². The summed E-state index contributed by atoms with van der Waals surface area (Å²) in [5.41, 5.74) is 2.18. The van der Waals surface area contributed by atoms with Gasteiger partial charge in [0.2, 0.25) is 0 Å². The first-order chi connectivity index (χ1) is 6.15. The largest absolute Gasteiger partial charge is 0.468 e. The molecule has 0 aliphatic heterocycles. The first kappa shape index (κ1) is 9.78. The molecule has 0 amide bonds. The average Bonchev–Trinajstić information content (AvgIpc) is 2.25. The fraction of sp³-hybridized carbons (Fsp3) is 0.364. The maximum absolute atomic E-state index is 11.3. The molecule has 1 aliphatic carbocycles. The van der Waals surface area contributed by atoms with Crippen LogP contribution in [0.4, 0.5) is 0 Å². The number of allylic oxidation sites excluding steroid dienone is 4. The predicted octanol–water partition coefficient (Wildman–Crippen LogP) is 2.24. The van der Waals surface area contributed by atoms with Gasteiger partial charge in [0.25, 0.3) is 0 Å². The van der Waals surface area contributed by atoms with E-state index in [1.165, 1.54) is 7.11 Å². The summed E-state index contributed by atoms with van der Waals surface area (Å²) in [5.74, 6) is -0.424. The van der Waals surface area contributed by atoms with E-state index < -0.39 is 0 Å². The highest BCUT2D eigenvalue weighted by molar-refractivity contribution is 5.78. The number of hydrogen-bond acceptors (Lipinski definition) is 2. The van der Waals surface area contributed by atoms with Crippen molar-refractivity contribution in [3.8, 4) is 0 Å². The normalized spacial score (nSPS) is 21.6. The highest BCUT2D eigenvalue weighted by Crippen LogP contribution is 2.19. The summed E-state index contributed by atoms with van der Waals surface area (Å²) in [5, 5.41) is 0. The van der Waals surface area contributed by atoms with Crippen LogP contribution in [0, 0.1) is 5.92 Å². The van der Waals surface area contributed by atoms with Crippen LogP contribution in [-0.2, 0) is 9.53 Å². The Kier molecular flexibility index (Phi) is 3.07. The molecule has 0 heterocycles. The lowest BCUT2D eigenvalue weighted by Crippen LogP contribution is -2.14. The predicted molar refractivity (Wildman–Crippen MR) is 52.2 cm³/mol. The van der Waals surface area contributed by atoms with Crippen LogP contribution >= 0.6 is 0 Å². The molecule has 2 nitrogen and oxygen atoms in total. The molecule has 0 aromatic heterocycles. The standard InChI is InChI=1S/C11H14O2/c1-8-5-4-6-10(9(2)7-8)11(12)13-3/h4-7,10H,1-3H3. The van der Waals surface area contributed by atoms with Gasteiger partial charge in [-0.25, -0.2) is 0 Å². The fourth-order valence-electron chi connectivity index (χ4n) is 1.36. The lowest BCUT2D eigenvalue weighted by molar-refractivity contribution is -0.142. The first-order valence-electron chi connectivity index (χ1n) is 4.26. The van der Waals surface area contributed by atoms with Gasteiger partial charge in [0.1, 0.15) is 0 Å². The van der Waals surface area contributed by atoms with Crippen molar-refractivity contribution in [1.29, 1.82) is 0 Å². The molecule has 0 saturated heterocycles. The molecule has 0 spiro atoms. The maximum atomic E-state index is 11.3. The number of rotatable bonds is 1. The van der Waals surface area contributed by atoms with E-state index in [0.29, 0.717) is 0 Å². The van der Waals surface area contributed by atoms with Crippen LogP contribution in [-0.4, -0.2) is 13.1 Å². The molecule has 1 rings (SSSR count). The molecule has 2 heteroatoms. The van der Waals surface area contributed by atoms with E-state index >= 15 is 0 Å². The molecule has 0 N–H and O–H groups in total. The van der Waals surface area contributed by atoms with Gasteiger partial charge in [-0.2, -0.15) is 0 Å². The molecular formula is C11H14O2. The molecule has 0 saturated carbocycles. The van der Waals surface area contributed by atoms with Crippen molar-refractivity contribution >= 4 is 5.97 Å². The van der Waals surface area contributed by atoms with E-state index in [-0.39, 0.29) is 11.9 Å². The maximum Gasteiger partial charge on any atom is 0.316 e. The molecule has 1 unspecified atom stereocenters.